The van der Waals surface area contributed by atoms with Crippen LogP contribution in [0.15, 0.2) is 36.4 Å². The molecule has 0 radical (unpaired) electrons. The van der Waals surface area contributed by atoms with E-state index in [0.29, 0.717) is 49.2 Å². The van der Waals surface area contributed by atoms with Gasteiger partial charge in [0.15, 0.2) is 0 Å². The van der Waals surface area contributed by atoms with Gasteiger partial charge in [-0.2, -0.15) is 4.39 Å². The van der Waals surface area contributed by atoms with Crippen molar-refractivity contribution in [2.45, 2.75) is 0 Å². The van der Waals surface area contributed by atoms with E-state index in [-0.39, 0.29) is 12.5 Å². The number of halogens is 1. The van der Waals surface area contributed by atoms with Gasteiger partial charge in [0, 0.05) is 32.2 Å². The summed E-state index contributed by atoms with van der Waals surface area (Å²) in [5.74, 6) is 1.23. The average Bonchev–Trinajstić information content (AvgIpc) is 2.68. The SMILES string of the molecule is COc1ccc(NC(=O)CN2CCN(c3cccc(F)n3)CC2)c(OC)c1. The highest BCUT2D eigenvalue weighted by Crippen LogP contribution is 2.29. The van der Waals surface area contributed by atoms with Gasteiger partial charge in [-0.25, -0.2) is 4.98 Å². The molecule has 3 rings (SSSR count). The van der Waals surface area contributed by atoms with Gasteiger partial charge in [-0.15, -0.1) is 0 Å². The molecule has 1 aliphatic heterocycles. The van der Waals surface area contributed by atoms with Crippen LogP contribution in [0.4, 0.5) is 15.9 Å². The molecule has 0 unspecified atom stereocenters. The highest BCUT2D eigenvalue weighted by molar-refractivity contribution is 5.93. The van der Waals surface area contributed by atoms with Gasteiger partial charge in [0.2, 0.25) is 11.9 Å². The number of aromatic nitrogens is 1. The normalized spacial score (nSPS) is 14.7. The van der Waals surface area contributed by atoms with Crippen LogP contribution < -0.4 is 19.7 Å². The number of piperazine rings is 1. The molecule has 27 heavy (non-hydrogen) atoms. The number of amides is 1. The molecule has 2 aromatic rings. The summed E-state index contributed by atoms with van der Waals surface area (Å²) in [5.41, 5.74) is 0.603. The van der Waals surface area contributed by atoms with E-state index in [4.69, 9.17) is 9.47 Å². The van der Waals surface area contributed by atoms with Gasteiger partial charge >= 0.3 is 0 Å². The van der Waals surface area contributed by atoms with E-state index in [1.54, 1.807) is 44.6 Å². The molecule has 0 bridgehead atoms. The number of methoxy groups -OCH3 is 2. The third-order valence-corrected chi connectivity index (χ3v) is 4.45. The van der Waals surface area contributed by atoms with Gasteiger partial charge in [0.05, 0.1) is 26.5 Å². The van der Waals surface area contributed by atoms with Crippen molar-refractivity contribution in [1.82, 2.24) is 9.88 Å². The summed E-state index contributed by atoms with van der Waals surface area (Å²) in [6.07, 6.45) is 0. The predicted molar refractivity (Wildman–Crippen MR) is 101 cm³/mol. The number of rotatable bonds is 6. The number of pyridine rings is 1. The van der Waals surface area contributed by atoms with Gasteiger partial charge in [0.25, 0.3) is 0 Å². The average molecular weight is 374 g/mol. The number of carbonyl (C=O) groups excluding carboxylic acids is 1. The molecule has 8 heteroatoms. The molecule has 0 spiro atoms. The summed E-state index contributed by atoms with van der Waals surface area (Å²) in [6.45, 7) is 3.06. The lowest BCUT2D eigenvalue weighted by atomic mass is 10.2. The lowest BCUT2D eigenvalue weighted by Gasteiger charge is -2.35. The number of nitrogens with zero attached hydrogens (tertiary/aromatic N) is 3. The van der Waals surface area contributed by atoms with Crippen molar-refractivity contribution >= 4 is 17.4 Å². The second kappa shape index (κ2) is 8.68. The maximum Gasteiger partial charge on any atom is 0.238 e. The number of carbonyl (C=O) groups is 1. The van der Waals surface area contributed by atoms with Crippen LogP contribution in [0.3, 0.4) is 0 Å². The Morgan fingerprint density at radius 2 is 1.93 bits per heavy atom. The molecule has 1 aromatic heterocycles. The van der Waals surface area contributed by atoms with Crippen LogP contribution in [-0.2, 0) is 4.79 Å². The molecule has 1 aliphatic rings. The number of hydrogen-bond donors (Lipinski definition) is 1. The zero-order chi connectivity index (χ0) is 19.2. The first kappa shape index (κ1) is 18.9. The fourth-order valence-corrected chi connectivity index (χ4v) is 3.00. The van der Waals surface area contributed by atoms with Gasteiger partial charge < -0.3 is 19.7 Å². The maximum absolute atomic E-state index is 13.3. The third-order valence-electron chi connectivity index (χ3n) is 4.45. The minimum Gasteiger partial charge on any atom is -0.497 e. The first-order valence-electron chi connectivity index (χ1n) is 8.71. The topological polar surface area (TPSA) is 66.9 Å². The Bertz CT molecular complexity index is 794. The Hall–Kier alpha value is -2.87. The number of nitrogens with one attached hydrogen (secondary N) is 1. The summed E-state index contributed by atoms with van der Waals surface area (Å²) >= 11 is 0. The highest BCUT2D eigenvalue weighted by atomic mass is 19.1. The third kappa shape index (κ3) is 4.85. The summed E-state index contributed by atoms with van der Waals surface area (Å²) in [5, 5.41) is 2.87. The summed E-state index contributed by atoms with van der Waals surface area (Å²) in [7, 11) is 3.12. The Kier molecular flexibility index (Phi) is 6.08. The van der Waals surface area contributed by atoms with Gasteiger partial charge in [-0.05, 0) is 24.3 Å². The number of ether oxygens (including phenoxy) is 2. The fourth-order valence-electron chi connectivity index (χ4n) is 3.00. The zero-order valence-electron chi connectivity index (χ0n) is 15.4. The standard InChI is InChI=1S/C19H23FN4O3/c1-26-14-6-7-15(16(12-14)27-2)21-19(25)13-23-8-10-24(11-9-23)18-5-3-4-17(20)22-18/h3-7,12H,8-11,13H2,1-2H3,(H,21,25). The van der Waals surface area contributed by atoms with E-state index in [1.807, 2.05) is 4.90 Å². The smallest absolute Gasteiger partial charge is 0.238 e. The first-order chi connectivity index (χ1) is 13.1. The van der Waals surface area contributed by atoms with Crippen molar-refractivity contribution < 1.29 is 18.7 Å². The van der Waals surface area contributed by atoms with Crippen LogP contribution >= 0.6 is 0 Å². The van der Waals surface area contributed by atoms with Crippen LogP contribution in [0.1, 0.15) is 0 Å². The van der Waals surface area contributed by atoms with E-state index in [9.17, 15) is 9.18 Å². The molecule has 0 aliphatic carbocycles. The van der Waals surface area contributed by atoms with Crippen LogP contribution in [0.25, 0.3) is 0 Å². The van der Waals surface area contributed by atoms with E-state index in [0.717, 1.165) is 0 Å². The molecule has 0 saturated carbocycles. The molecular weight excluding hydrogens is 351 g/mol. The molecule has 144 valence electrons. The minimum atomic E-state index is -0.484. The van der Waals surface area contributed by atoms with E-state index < -0.39 is 5.95 Å². The summed E-state index contributed by atoms with van der Waals surface area (Å²) in [6, 6.07) is 10.0. The van der Waals surface area contributed by atoms with E-state index >= 15 is 0 Å². The molecule has 1 saturated heterocycles. The summed E-state index contributed by atoms with van der Waals surface area (Å²) in [4.78, 5) is 20.4. The Morgan fingerprint density at radius 3 is 2.59 bits per heavy atom. The van der Waals surface area contributed by atoms with Crippen molar-refractivity contribution in [2.75, 3.05) is 57.2 Å². The molecule has 7 nitrogen and oxygen atoms in total. The molecule has 1 amide bonds. The highest BCUT2D eigenvalue weighted by Gasteiger charge is 2.20. The van der Waals surface area contributed by atoms with Crippen LogP contribution in [0.2, 0.25) is 0 Å². The number of hydrogen-bond acceptors (Lipinski definition) is 6. The molecule has 1 N–H and O–H groups in total. The Labute approximate surface area is 157 Å². The first-order valence-corrected chi connectivity index (χ1v) is 8.71. The van der Waals surface area contributed by atoms with Crippen LogP contribution in [-0.4, -0.2) is 62.7 Å². The predicted octanol–water partition coefficient (Wildman–Crippen LogP) is 2.00. The fraction of sp³-hybridized carbons (Fsp3) is 0.368. The van der Waals surface area contributed by atoms with Crippen molar-refractivity contribution in [2.24, 2.45) is 0 Å². The summed E-state index contributed by atoms with van der Waals surface area (Å²) < 4.78 is 23.7. The molecule has 1 aromatic carbocycles. The lowest BCUT2D eigenvalue weighted by molar-refractivity contribution is -0.117. The van der Waals surface area contributed by atoms with Gasteiger partial charge in [-0.1, -0.05) is 6.07 Å². The van der Waals surface area contributed by atoms with Crippen molar-refractivity contribution in [3.05, 3.63) is 42.3 Å². The van der Waals surface area contributed by atoms with Crippen molar-refractivity contribution in [3.63, 3.8) is 0 Å². The Morgan fingerprint density at radius 1 is 1.15 bits per heavy atom. The lowest BCUT2D eigenvalue weighted by Crippen LogP contribution is -2.49. The molecule has 0 atom stereocenters. The van der Waals surface area contributed by atoms with Crippen LogP contribution in [0.5, 0.6) is 11.5 Å². The minimum absolute atomic E-state index is 0.115. The van der Waals surface area contributed by atoms with E-state index in [1.165, 1.54) is 6.07 Å². The Balaban J connectivity index is 1.52. The monoisotopic (exact) mass is 374 g/mol. The van der Waals surface area contributed by atoms with Crippen LogP contribution in [0, 0.1) is 5.95 Å². The van der Waals surface area contributed by atoms with Gasteiger partial charge in [0.1, 0.15) is 17.3 Å². The second-order valence-corrected chi connectivity index (χ2v) is 6.20. The second-order valence-electron chi connectivity index (χ2n) is 6.20. The van der Waals surface area contributed by atoms with Crippen molar-refractivity contribution in [1.29, 1.82) is 0 Å². The van der Waals surface area contributed by atoms with E-state index in [2.05, 4.69) is 15.2 Å². The maximum atomic E-state index is 13.3. The number of anilines is 2. The molecule has 2 heterocycles. The molecular formula is C19H23FN4O3. The van der Waals surface area contributed by atoms with Gasteiger partial charge in [-0.3, -0.25) is 9.69 Å². The zero-order valence-corrected chi connectivity index (χ0v) is 15.4. The largest absolute Gasteiger partial charge is 0.497 e. The molecule has 1 fully saturated rings. The quantitative estimate of drug-likeness (QED) is 0.780. The van der Waals surface area contributed by atoms with Crippen molar-refractivity contribution in [3.8, 4) is 11.5 Å². The number of benzene rings is 1.